The number of halogens is 1. The van der Waals surface area contributed by atoms with Crippen LogP contribution in [-0.2, 0) is 4.79 Å². The minimum absolute atomic E-state index is 0.101. The van der Waals surface area contributed by atoms with Crippen LogP contribution in [0.2, 0.25) is 0 Å². The first-order chi connectivity index (χ1) is 6.94. The van der Waals surface area contributed by atoms with E-state index in [-0.39, 0.29) is 11.3 Å². The number of rotatable bonds is 2. The maximum atomic E-state index is 12.6. The van der Waals surface area contributed by atoms with Gasteiger partial charge in [0.1, 0.15) is 5.82 Å². The van der Waals surface area contributed by atoms with E-state index in [9.17, 15) is 9.18 Å². The zero-order valence-electron chi connectivity index (χ0n) is 8.57. The predicted octanol–water partition coefficient (Wildman–Crippen LogP) is 2.04. The molecule has 0 saturated heterocycles. The van der Waals surface area contributed by atoms with Gasteiger partial charge in [-0.1, -0.05) is 13.8 Å². The number of aliphatic carboxylic acids is 1. The summed E-state index contributed by atoms with van der Waals surface area (Å²) in [7, 11) is 0. The lowest BCUT2D eigenvalue weighted by atomic mass is 10.1. The first kappa shape index (κ1) is 10.1. The normalized spacial score (nSPS) is 27.4. The molecule has 2 rings (SSSR count). The Balaban J connectivity index is 2.27. The van der Waals surface area contributed by atoms with E-state index in [1.807, 2.05) is 13.8 Å². The molecule has 0 unspecified atom stereocenters. The highest BCUT2D eigenvalue weighted by atomic mass is 19.1. The van der Waals surface area contributed by atoms with Gasteiger partial charge in [0.2, 0.25) is 0 Å². The van der Waals surface area contributed by atoms with Crippen molar-refractivity contribution in [1.82, 2.24) is 4.98 Å². The Morgan fingerprint density at radius 1 is 1.53 bits per heavy atom. The summed E-state index contributed by atoms with van der Waals surface area (Å²) in [6.07, 6.45) is 1.13. The third-order valence-electron chi connectivity index (χ3n) is 3.16. The second-order valence-corrected chi connectivity index (χ2v) is 4.52. The van der Waals surface area contributed by atoms with Crippen LogP contribution in [-0.4, -0.2) is 16.1 Å². The van der Waals surface area contributed by atoms with Crippen LogP contribution in [0, 0.1) is 17.2 Å². The van der Waals surface area contributed by atoms with Gasteiger partial charge in [-0.15, -0.1) is 0 Å². The van der Waals surface area contributed by atoms with Gasteiger partial charge in [0.05, 0.1) is 12.1 Å². The molecule has 1 saturated carbocycles. The van der Waals surface area contributed by atoms with Gasteiger partial charge in [0.25, 0.3) is 0 Å². The molecule has 1 aromatic heterocycles. The number of carboxylic acid groups (broad SMARTS) is 1. The molecule has 0 aromatic carbocycles. The fourth-order valence-corrected chi connectivity index (χ4v) is 2.22. The largest absolute Gasteiger partial charge is 0.481 e. The molecular weight excluding hydrogens is 197 g/mol. The van der Waals surface area contributed by atoms with Crippen LogP contribution in [0.1, 0.15) is 25.5 Å². The number of carbonyl (C=O) groups is 1. The van der Waals surface area contributed by atoms with Crippen molar-refractivity contribution in [2.24, 2.45) is 11.3 Å². The lowest BCUT2D eigenvalue weighted by Gasteiger charge is -2.00. The molecule has 0 amide bonds. The van der Waals surface area contributed by atoms with Crippen LogP contribution >= 0.6 is 0 Å². The van der Waals surface area contributed by atoms with Crippen LogP contribution in [0.3, 0.4) is 0 Å². The molecule has 0 aliphatic heterocycles. The van der Waals surface area contributed by atoms with Gasteiger partial charge in [-0.25, -0.2) is 4.39 Å². The molecule has 1 aliphatic carbocycles. The summed E-state index contributed by atoms with van der Waals surface area (Å²) in [5.74, 6) is -1.72. The van der Waals surface area contributed by atoms with Crippen molar-refractivity contribution in [3.8, 4) is 0 Å². The zero-order valence-corrected chi connectivity index (χ0v) is 8.57. The lowest BCUT2D eigenvalue weighted by Crippen LogP contribution is -2.03. The van der Waals surface area contributed by atoms with Crippen molar-refractivity contribution in [1.29, 1.82) is 0 Å². The van der Waals surface area contributed by atoms with Gasteiger partial charge in [0.15, 0.2) is 0 Å². The predicted molar refractivity (Wildman–Crippen MR) is 51.8 cm³/mol. The Hall–Kier alpha value is -1.45. The molecule has 3 nitrogen and oxygen atoms in total. The van der Waals surface area contributed by atoms with Crippen molar-refractivity contribution in [2.45, 2.75) is 19.8 Å². The number of hydrogen-bond donors (Lipinski definition) is 1. The molecular formula is C11H12FNO2. The third kappa shape index (κ3) is 1.50. The highest BCUT2D eigenvalue weighted by Crippen LogP contribution is 2.63. The molecule has 80 valence electrons. The Morgan fingerprint density at radius 2 is 2.20 bits per heavy atom. The maximum Gasteiger partial charge on any atom is 0.307 e. The summed E-state index contributed by atoms with van der Waals surface area (Å²) in [5, 5.41) is 8.97. The van der Waals surface area contributed by atoms with Crippen molar-refractivity contribution in [3.05, 3.63) is 29.8 Å². The summed E-state index contributed by atoms with van der Waals surface area (Å²) in [4.78, 5) is 14.9. The average Bonchev–Trinajstić information content (AvgIpc) is 2.70. The second-order valence-electron chi connectivity index (χ2n) is 4.52. The van der Waals surface area contributed by atoms with Gasteiger partial charge in [-0.2, -0.15) is 0 Å². The van der Waals surface area contributed by atoms with E-state index in [0.29, 0.717) is 5.69 Å². The van der Waals surface area contributed by atoms with Crippen molar-refractivity contribution in [3.63, 3.8) is 0 Å². The smallest absolute Gasteiger partial charge is 0.307 e. The van der Waals surface area contributed by atoms with E-state index in [2.05, 4.69) is 4.98 Å². The molecule has 0 spiro atoms. The monoisotopic (exact) mass is 209 g/mol. The number of nitrogens with zero attached hydrogens (tertiary/aromatic N) is 1. The van der Waals surface area contributed by atoms with E-state index >= 15 is 0 Å². The zero-order chi connectivity index (χ0) is 11.2. The topological polar surface area (TPSA) is 50.2 Å². The number of hydrogen-bond acceptors (Lipinski definition) is 2. The molecule has 2 atom stereocenters. The van der Waals surface area contributed by atoms with Gasteiger partial charge in [-0.05, 0) is 17.5 Å². The Bertz CT molecular complexity index is 400. The summed E-state index contributed by atoms with van der Waals surface area (Å²) in [5.41, 5.74) is 0.380. The standard InChI is InChI=1S/C11H12FNO2/c1-11(2)8(9(11)10(14)15)7-4-3-6(12)5-13-7/h3-5,8-9H,1-2H3,(H,14,15)/t8-,9+/m1/s1. The van der Waals surface area contributed by atoms with Crippen LogP contribution in [0.5, 0.6) is 0 Å². The summed E-state index contributed by atoms with van der Waals surface area (Å²) in [6, 6.07) is 2.88. The Morgan fingerprint density at radius 3 is 2.60 bits per heavy atom. The molecule has 1 aliphatic rings. The quantitative estimate of drug-likeness (QED) is 0.810. The molecule has 1 N–H and O–H groups in total. The molecule has 1 fully saturated rings. The van der Waals surface area contributed by atoms with E-state index < -0.39 is 17.7 Å². The molecule has 4 heteroatoms. The number of carboxylic acids is 1. The summed E-state index contributed by atoms with van der Waals surface area (Å²) in [6.45, 7) is 3.78. The fraction of sp³-hybridized carbons (Fsp3) is 0.455. The van der Waals surface area contributed by atoms with Gasteiger partial charge in [-0.3, -0.25) is 9.78 Å². The molecule has 15 heavy (non-hydrogen) atoms. The third-order valence-corrected chi connectivity index (χ3v) is 3.16. The van der Waals surface area contributed by atoms with Crippen molar-refractivity contribution < 1.29 is 14.3 Å². The van der Waals surface area contributed by atoms with Gasteiger partial charge < -0.3 is 5.11 Å². The minimum Gasteiger partial charge on any atom is -0.481 e. The minimum atomic E-state index is -0.809. The molecule has 1 aromatic rings. The summed E-state index contributed by atoms with van der Waals surface area (Å²) >= 11 is 0. The SMILES string of the molecule is CC1(C)[C@H](C(=O)O)[C@H]1c1ccc(F)cn1. The first-order valence-electron chi connectivity index (χ1n) is 4.79. The Kier molecular flexibility index (Phi) is 2.03. The highest BCUT2D eigenvalue weighted by molar-refractivity contribution is 5.77. The molecule has 1 heterocycles. The van der Waals surface area contributed by atoms with Crippen LogP contribution in [0.4, 0.5) is 4.39 Å². The van der Waals surface area contributed by atoms with Crippen molar-refractivity contribution >= 4 is 5.97 Å². The second kappa shape index (κ2) is 3.02. The molecule has 0 bridgehead atoms. The fourth-order valence-electron chi connectivity index (χ4n) is 2.22. The number of pyridine rings is 1. The van der Waals surface area contributed by atoms with E-state index in [1.54, 1.807) is 6.07 Å². The van der Waals surface area contributed by atoms with E-state index in [0.717, 1.165) is 6.20 Å². The lowest BCUT2D eigenvalue weighted by molar-refractivity contribution is -0.139. The van der Waals surface area contributed by atoms with Gasteiger partial charge >= 0.3 is 5.97 Å². The van der Waals surface area contributed by atoms with E-state index in [1.165, 1.54) is 6.07 Å². The van der Waals surface area contributed by atoms with Gasteiger partial charge in [0, 0.05) is 11.6 Å². The van der Waals surface area contributed by atoms with Crippen LogP contribution in [0.25, 0.3) is 0 Å². The molecule has 0 radical (unpaired) electrons. The number of aromatic nitrogens is 1. The summed E-state index contributed by atoms with van der Waals surface area (Å²) < 4.78 is 12.6. The highest BCUT2D eigenvalue weighted by Gasteiger charge is 2.63. The maximum absolute atomic E-state index is 12.6. The average molecular weight is 209 g/mol. The van der Waals surface area contributed by atoms with Crippen molar-refractivity contribution in [2.75, 3.05) is 0 Å². The first-order valence-corrected chi connectivity index (χ1v) is 4.79. The van der Waals surface area contributed by atoms with Crippen LogP contribution < -0.4 is 0 Å². The van der Waals surface area contributed by atoms with Crippen LogP contribution in [0.15, 0.2) is 18.3 Å². The van der Waals surface area contributed by atoms with E-state index in [4.69, 9.17) is 5.11 Å². The Labute approximate surface area is 87.0 Å².